The maximum atomic E-state index is 13.2. The molecule has 0 aliphatic carbocycles. The highest BCUT2D eigenvalue weighted by Gasteiger charge is 2.37. The van der Waals surface area contributed by atoms with Crippen molar-refractivity contribution in [3.05, 3.63) is 23.8 Å². The second-order valence-corrected chi connectivity index (χ2v) is 6.75. The van der Waals surface area contributed by atoms with Crippen LogP contribution in [-0.2, 0) is 10.2 Å². The van der Waals surface area contributed by atoms with Crippen LogP contribution in [0, 0.1) is 0 Å². The molecule has 4 heteroatoms. The number of hydrogen-bond acceptors (Lipinski definition) is 3. The summed E-state index contributed by atoms with van der Waals surface area (Å²) < 4.78 is 10.7. The van der Waals surface area contributed by atoms with Crippen molar-refractivity contribution in [1.82, 2.24) is 4.90 Å². The number of nitrogens with zero attached hydrogens (tertiary/aromatic N) is 1. The number of piperidine rings is 1. The van der Waals surface area contributed by atoms with Crippen molar-refractivity contribution in [2.45, 2.75) is 57.9 Å². The number of carbonyl (C=O) groups is 1. The average Bonchev–Trinajstić information content (AvgIpc) is 2.60. The molecule has 128 valence electrons. The Balaban J connectivity index is 2.31. The van der Waals surface area contributed by atoms with Crippen molar-refractivity contribution in [3.8, 4) is 11.5 Å². The molecule has 1 aliphatic rings. The Bertz CT molecular complexity index is 554. The van der Waals surface area contributed by atoms with Gasteiger partial charge in [-0.25, -0.2) is 0 Å². The van der Waals surface area contributed by atoms with Crippen LogP contribution in [0.5, 0.6) is 11.5 Å². The van der Waals surface area contributed by atoms with E-state index in [0.29, 0.717) is 17.5 Å². The Morgan fingerprint density at radius 3 is 2.52 bits per heavy atom. The van der Waals surface area contributed by atoms with E-state index in [1.807, 2.05) is 32.0 Å². The van der Waals surface area contributed by atoms with Crippen LogP contribution in [0.1, 0.15) is 52.0 Å². The molecule has 1 aromatic carbocycles. The number of likely N-dealkylation sites (tertiary alicyclic amines) is 1. The predicted octanol–water partition coefficient (Wildman–Crippen LogP) is 3.77. The van der Waals surface area contributed by atoms with E-state index in [-0.39, 0.29) is 5.91 Å². The van der Waals surface area contributed by atoms with Gasteiger partial charge in [-0.05, 0) is 57.2 Å². The highest BCUT2D eigenvalue weighted by Crippen LogP contribution is 2.35. The number of rotatable bonds is 5. The number of benzene rings is 1. The fourth-order valence-corrected chi connectivity index (χ4v) is 3.40. The van der Waals surface area contributed by atoms with E-state index in [1.165, 1.54) is 6.42 Å². The molecule has 2 rings (SSSR count). The minimum absolute atomic E-state index is 0.205. The van der Waals surface area contributed by atoms with Gasteiger partial charge < -0.3 is 14.4 Å². The molecule has 0 N–H and O–H groups in total. The Morgan fingerprint density at radius 1 is 1.22 bits per heavy atom. The molecule has 0 radical (unpaired) electrons. The minimum atomic E-state index is -0.579. The van der Waals surface area contributed by atoms with Crippen LogP contribution in [0.15, 0.2) is 18.2 Å². The lowest BCUT2D eigenvalue weighted by Crippen LogP contribution is -2.50. The number of methoxy groups -OCH3 is 2. The van der Waals surface area contributed by atoms with E-state index in [2.05, 4.69) is 11.8 Å². The van der Waals surface area contributed by atoms with E-state index in [9.17, 15) is 4.79 Å². The van der Waals surface area contributed by atoms with Gasteiger partial charge in [0, 0.05) is 12.6 Å². The van der Waals surface area contributed by atoms with Gasteiger partial charge >= 0.3 is 0 Å². The zero-order valence-electron chi connectivity index (χ0n) is 15.0. The average molecular weight is 319 g/mol. The monoisotopic (exact) mass is 319 g/mol. The summed E-state index contributed by atoms with van der Waals surface area (Å²) in [6.45, 7) is 7.03. The molecular formula is C19H29NO3. The minimum Gasteiger partial charge on any atom is -0.493 e. The zero-order valence-corrected chi connectivity index (χ0v) is 15.0. The van der Waals surface area contributed by atoms with Gasteiger partial charge in [0.05, 0.1) is 19.6 Å². The summed E-state index contributed by atoms with van der Waals surface area (Å²) in [5.74, 6) is 1.55. The second-order valence-electron chi connectivity index (χ2n) is 6.75. The second kappa shape index (κ2) is 7.24. The molecule has 1 atom stereocenters. The topological polar surface area (TPSA) is 38.8 Å². The fourth-order valence-electron chi connectivity index (χ4n) is 3.40. The molecule has 0 spiro atoms. The number of hydrogen-bond donors (Lipinski definition) is 0. The normalized spacial score (nSPS) is 18.7. The van der Waals surface area contributed by atoms with Gasteiger partial charge in [-0.1, -0.05) is 13.0 Å². The summed E-state index contributed by atoms with van der Waals surface area (Å²) in [5, 5.41) is 0. The lowest BCUT2D eigenvalue weighted by molar-refractivity contribution is -0.140. The van der Waals surface area contributed by atoms with Gasteiger partial charge in [0.2, 0.25) is 5.91 Å². The molecule has 0 bridgehead atoms. The number of amides is 1. The molecule has 1 saturated heterocycles. The van der Waals surface area contributed by atoms with Crippen LogP contribution in [-0.4, -0.2) is 37.6 Å². The lowest BCUT2D eigenvalue weighted by Gasteiger charge is -2.40. The maximum Gasteiger partial charge on any atom is 0.232 e. The largest absolute Gasteiger partial charge is 0.493 e. The van der Waals surface area contributed by atoms with Crippen molar-refractivity contribution in [2.75, 3.05) is 20.8 Å². The smallest absolute Gasteiger partial charge is 0.232 e. The first kappa shape index (κ1) is 17.6. The summed E-state index contributed by atoms with van der Waals surface area (Å²) in [4.78, 5) is 15.3. The van der Waals surface area contributed by atoms with Crippen LogP contribution in [0.4, 0.5) is 0 Å². The highest BCUT2D eigenvalue weighted by molar-refractivity contribution is 5.88. The van der Waals surface area contributed by atoms with E-state index in [1.54, 1.807) is 14.2 Å². The van der Waals surface area contributed by atoms with Crippen LogP contribution in [0.2, 0.25) is 0 Å². The summed E-state index contributed by atoms with van der Waals surface area (Å²) in [7, 11) is 3.24. The van der Waals surface area contributed by atoms with E-state index < -0.39 is 5.41 Å². The SMILES string of the molecule is CCC1CCCCN1C(=O)C(C)(C)c1ccc(OC)c(OC)c1. The maximum absolute atomic E-state index is 13.2. The zero-order chi connectivity index (χ0) is 17.0. The standard InChI is InChI=1S/C19H29NO3/c1-6-15-9-7-8-12-20(15)18(21)19(2,3)14-10-11-16(22-4)17(13-14)23-5/h10-11,13,15H,6-9,12H2,1-5H3. The number of ether oxygens (including phenoxy) is 2. The van der Waals surface area contributed by atoms with E-state index in [4.69, 9.17) is 9.47 Å². The first-order valence-corrected chi connectivity index (χ1v) is 8.49. The molecule has 1 unspecified atom stereocenters. The highest BCUT2D eigenvalue weighted by atomic mass is 16.5. The van der Waals surface area contributed by atoms with Gasteiger partial charge in [-0.3, -0.25) is 4.79 Å². The molecule has 1 aromatic rings. The third-order valence-corrected chi connectivity index (χ3v) is 5.00. The van der Waals surface area contributed by atoms with Crippen molar-refractivity contribution >= 4 is 5.91 Å². The van der Waals surface area contributed by atoms with Gasteiger partial charge in [0.15, 0.2) is 11.5 Å². The predicted molar refractivity (Wildman–Crippen MR) is 92.2 cm³/mol. The Labute approximate surface area is 139 Å². The molecule has 1 heterocycles. The summed E-state index contributed by atoms with van der Waals surface area (Å²) in [6.07, 6.45) is 4.46. The van der Waals surface area contributed by atoms with Crippen molar-refractivity contribution in [2.24, 2.45) is 0 Å². The molecule has 1 aliphatic heterocycles. The molecule has 0 saturated carbocycles. The van der Waals surface area contributed by atoms with Crippen LogP contribution >= 0.6 is 0 Å². The Kier molecular flexibility index (Phi) is 5.55. The van der Waals surface area contributed by atoms with Crippen molar-refractivity contribution in [3.63, 3.8) is 0 Å². The van der Waals surface area contributed by atoms with Gasteiger partial charge in [-0.2, -0.15) is 0 Å². The van der Waals surface area contributed by atoms with Crippen molar-refractivity contribution < 1.29 is 14.3 Å². The fraction of sp³-hybridized carbons (Fsp3) is 0.632. The van der Waals surface area contributed by atoms with Gasteiger partial charge in [0.25, 0.3) is 0 Å². The summed E-state index contributed by atoms with van der Waals surface area (Å²) in [6, 6.07) is 6.12. The van der Waals surface area contributed by atoms with Gasteiger partial charge in [-0.15, -0.1) is 0 Å². The molecule has 4 nitrogen and oxygen atoms in total. The molecule has 0 aromatic heterocycles. The first-order chi connectivity index (χ1) is 11.0. The first-order valence-electron chi connectivity index (χ1n) is 8.49. The molecule has 1 amide bonds. The summed E-state index contributed by atoms with van der Waals surface area (Å²) in [5.41, 5.74) is 0.380. The third kappa shape index (κ3) is 3.46. The van der Waals surface area contributed by atoms with E-state index in [0.717, 1.165) is 31.4 Å². The molecule has 1 fully saturated rings. The van der Waals surface area contributed by atoms with E-state index >= 15 is 0 Å². The summed E-state index contributed by atoms with van der Waals surface area (Å²) >= 11 is 0. The van der Waals surface area contributed by atoms with Gasteiger partial charge in [0.1, 0.15) is 0 Å². The Hall–Kier alpha value is -1.71. The third-order valence-electron chi connectivity index (χ3n) is 5.00. The number of carbonyl (C=O) groups excluding carboxylic acids is 1. The molecule has 23 heavy (non-hydrogen) atoms. The lowest BCUT2D eigenvalue weighted by atomic mass is 9.81. The van der Waals surface area contributed by atoms with Crippen molar-refractivity contribution in [1.29, 1.82) is 0 Å². The van der Waals surface area contributed by atoms with Crippen LogP contribution < -0.4 is 9.47 Å². The quantitative estimate of drug-likeness (QED) is 0.829. The van der Waals surface area contributed by atoms with Crippen LogP contribution in [0.3, 0.4) is 0 Å². The van der Waals surface area contributed by atoms with Crippen LogP contribution in [0.25, 0.3) is 0 Å². The molecular weight excluding hydrogens is 290 g/mol. The Morgan fingerprint density at radius 2 is 1.91 bits per heavy atom.